The first-order valence-corrected chi connectivity index (χ1v) is 20.6. The maximum absolute atomic E-state index is 14.0. The van der Waals surface area contributed by atoms with Crippen LogP contribution in [0.5, 0.6) is 28.7 Å². The highest BCUT2D eigenvalue weighted by atomic mass is 16.7. The molecule has 5 aromatic carbocycles. The number of aliphatic imine (C=N–C) groups is 2. The number of hydrogen-bond acceptors (Lipinski definition) is 13. The lowest BCUT2D eigenvalue weighted by Crippen LogP contribution is -2.37. The van der Waals surface area contributed by atoms with Crippen LogP contribution in [-0.4, -0.2) is 80.0 Å². The van der Waals surface area contributed by atoms with E-state index in [-0.39, 0.29) is 55.7 Å². The normalized spacial score (nSPS) is 17.8. The molecule has 5 aliphatic rings. The monoisotopic (exact) mass is 861 g/mol. The molecule has 322 valence electrons. The number of imide groups is 1. The highest BCUT2D eigenvalue weighted by Crippen LogP contribution is 2.43. The van der Waals surface area contributed by atoms with Crippen molar-refractivity contribution in [2.24, 2.45) is 9.98 Å². The van der Waals surface area contributed by atoms with Crippen molar-refractivity contribution in [3.63, 3.8) is 0 Å². The number of nitrogens with zero attached hydrogens (tertiary/aromatic N) is 5. The average molecular weight is 862 g/mol. The summed E-state index contributed by atoms with van der Waals surface area (Å²) in [6.07, 6.45) is 4.76. The number of hydrogen-bond donors (Lipinski definition) is 0. The number of hydroxylamine groups is 2. The molecule has 1 fully saturated rings. The molecule has 0 aromatic heterocycles. The number of anilines is 2. The van der Waals surface area contributed by atoms with E-state index in [4.69, 9.17) is 38.5 Å². The molecule has 5 aliphatic heterocycles. The largest absolute Gasteiger partial charge is 0.493 e. The third-order valence-electron chi connectivity index (χ3n) is 11.6. The summed E-state index contributed by atoms with van der Waals surface area (Å²) in [6.45, 7) is -0.678. The van der Waals surface area contributed by atoms with E-state index in [0.717, 1.165) is 22.5 Å². The number of rotatable bonds is 12. The van der Waals surface area contributed by atoms with Crippen LogP contribution < -0.4 is 33.5 Å². The molecule has 5 heterocycles. The smallest absolute Gasteiger partial charge is 0.370 e. The highest BCUT2D eigenvalue weighted by Gasteiger charge is 2.38. The predicted octanol–water partition coefficient (Wildman–Crippen LogP) is 6.42. The molecule has 0 unspecified atom stereocenters. The first-order valence-electron chi connectivity index (χ1n) is 20.6. The van der Waals surface area contributed by atoms with Gasteiger partial charge in [-0.25, -0.2) is 4.79 Å². The summed E-state index contributed by atoms with van der Waals surface area (Å²) in [5.74, 6) is -1.05. The molecule has 1 saturated heterocycles. The summed E-state index contributed by atoms with van der Waals surface area (Å²) in [7, 11) is 2.97. The molecule has 0 spiro atoms. The van der Waals surface area contributed by atoms with Crippen molar-refractivity contribution in [3.8, 4) is 28.7 Å². The summed E-state index contributed by atoms with van der Waals surface area (Å²) < 4.78 is 29.9. The molecule has 64 heavy (non-hydrogen) atoms. The van der Waals surface area contributed by atoms with Gasteiger partial charge in [-0.1, -0.05) is 36.4 Å². The Morgan fingerprint density at radius 2 is 1.09 bits per heavy atom. The van der Waals surface area contributed by atoms with Gasteiger partial charge in [-0.05, 0) is 64.7 Å². The molecule has 0 bridgehead atoms. The first-order chi connectivity index (χ1) is 31.1. The maximum atomic E-state index is 14.0. The Labute approximate surface area is 366 Å². The predicted molar refractivity (Wildman–Crippen MR) is 232 cm³/mol. The second kappa shape index (κ2) is 16.4. The third kappa shape index (κ3) is 7.31. The molecule has 0 saturated carbocycles. The van der Waals surface area contributed by atoms with Crippen LogP contribution >= 0.6 is 0 Å². The van der Waals surface area contributed by atoms with Gasteiger partial charge in [0, 0.05) is 61.6 Å². The number of para-hydroxylation sites is 2. The minimum Gasteiger partial charge on any atom is -0.493 e. The van der Waals surface area contributed by atoms with E-state index < -0.39 is 24.4 Å². The van der Waals surface area contributed by atoms with Crippen molar-refractivity contribution in [2.75, 3.05) is 30.6 Å². The topological polar surface area (TPSA) is 175 Å². The van der Waals surface area contributed by atoms with Gasteiger partial charge >= 0.3 is 5.97 Å². The van der Waals surface area contributed by atoms with Crippen molar-refractivity contribution < 1.29 is 52.5 Å². The zero-order valence-corrected chi connectivity index (χ0v) is 34.6. The standard InChI is InChI=1S/C48H39N5O11/c1-59-40-18-34-36(49-22-31-16-29-7-3-5-9-38(29)51(31)47(34)57)20-42(40)62-24-27-13-28(15-33(14-27)61-26-46(56)64-53-44(54)11-12-45(53)55)25-63-43-21-37-35(19-41(43)60-2)48(58)52-32(23-50-37)17-30-8-4-6-10-39(30)52/h3-10,13-15,18-23,31-32H,11-12,16-17,24-26H2,1-2H3/t31-,32-/m0/s1. The zero-order chi connectivity index (χ0) is 44.1. The molecule has 0 radical (unpaired) electrons. The minimum absolute atomic E-state index is 0.0276. The Hall–Kier alpha value is -8.01. The molecular formula is C48H39N5O11. The third-order valence-corrected chi connectivity index (χ3v) is 11.6. The van der Waals surface area contributed by atoms with Gasteiger partial charge in [-0.15, -0.1) is 5.06 Å². The zero-order valence-electron chi connectivity index (χ0n) is 34.6. The summed E-state index contributed by atoms with van der Waals surface area (Å²) in [5, 5.41) is 0.456. The molecule has 10 rings (SSSR count). The van der Waals surface area contributed by atoms with Crippen molar-refractivity contribution >= 4 is 64.8 Å². The Balaban J connectivity index is 0.906. The molecular weight excluding hydrogens is 823 g/mol. The summed E-state index contributed by atoms with van der Waals surface area (Å²) in [6, 6.07) is 26.8. The van der Waals surface area contributed by atoms with Crippen LogP contribution in [-0.2, 0) is 45.3 Å². The lowest BCUT2D eigenvalue weighted by atomic mass is 10.1. The van der Waals surface area contributed by atoms with E-state index in [2.05, 4.69) is 0 Å². The summed E-state index contributed by atoms with van der Waals surface area (Å²) >= 11 is 0. The van der Waals surface area contributed by atoms with E-state index in [1.807, 2.05) is 54.6 Å². The average Bonchev–Trinajstić information content (AvgIpc) is 3.93. The van der Waals surface area contributed by atoms with Gasteiger partial charge in [0.2, 0.25) is 0 Å². The van der Waals surface area contributed by atoms with Gasteiger partial charge in [-0.3, -0.25) is 39.0 Å². The number of carbonyl (C=O) groups is 5. The maximum Gasteiger partial charge on any atom is 0.370 e. The fourth-order valence-electron chi connectivity index (χ4n) is 8.61. The lowest BCUT2D eigenvalue weighted by molar-refractivity contribution is -0.198. The molecule has 5 aromatic rings. The van der Waals surface area contributed by atoms with Crippen molar-refractivity contribution in [2.45, 2.75) is 51.0 Å². The van der Waals surface area contributed by atoms with Gasteiger partial charge in [0.1, 0.15) is 19.0 Å². The van der Waals surface area contributed by atoms with Crippen molar-refractivity contribution in [1.82, 2.24) is 5.06 Å². The van der Waals surface area contributed by atoms with E-state index in [1.165, 1.54) is 14.2 Å². The van der Waals surface area contributed by atoms with Gasteiger partial charge in [-0.2, -0.15) is 0 Å². The van der Waals surface area contributed by atoms with E-state index in [0.29, 0.717) is 74.5 Å². The minimum atomic E-state index is -0.953. The van der Waals surface area contributed by atoms with Gasteiger partial charge in [0.05, 0.1) is 48.8 Å². The second-order valence-electron chi connectivity index (χ2n) is 15.6. The Bertz CT molecular complexity index is 2680. The number of methoxy groups -OCH3 is 2. The van der Waals surface area contributed by atoms with Crippen molar-refractivity contribution in [1.29, 1.82) is 0 Å². The van der Waals surface area contributed by atoms with E-state index >= 15 is 0 Å². The summed E-state index contributed by atoms with van der Waals surface area (Å²) in [5.41, 5.74) is 6.61. The van der Waals surface area contributed by atoms with Crippen LogP contribution in [0.2, 0.25) is 0 Å². The van der Waals surface area contributed by atoms with E-state index in [9.17, 15) is 24.0 Å². The van der Waals surface area contributed by atoms with Gasteiger partial charge < -0.3 is 28.5 Å². The van der Waals surface area contributed by atoms with Crippen molar-refractivity contribution in [3.05, 3.63) is 124 Å². The number of carbonyl (C=O) groups excluding carboxylic acids is 5. The number of amides is 4. The lowest BCUT2D eigenvalue weighted by Gasteiger charge is -2.22. The SMILES string of the molecule is COc1cc2c(cc1OCc1cc(COc3cc4c(cc3OC)C(=O)N3c5ccccc5C[C@H]3C=N4)cc(OCC(=O)ON3C(=O)CCC3=O)c1)N=C[C@@H]1Cc3ccccc3N1C2=O. The number of fused-ring (bicyclic) bond motifs is 8. The van der Waals surface area contributed by atoms with Crippen LogP contribution in [0.4, 0.5) is 22.7 Å². The molecule has 2 atom stereocenters. The molecule has 16 heteroatoms. The summed E-state index contributed by atoms with van der Waals surface area (Å²) in [4.78, 5) is 82.7. The Kier molecular flexibility index (Phi) is 10.2. The number of ether oxygens (including phenoxy) is 5. The van der Waals surface area contributed by atoms with Crippen LogP contribution in [0.15, 0.2) is 101 Å². The van der Waals surface area contributed by atoms with Crippen LogP contribution in [0.3, 0.4) is 0 Å². The fraction of sp³-hybridized carbons (Fsp3) is 0.229. The van der Waals surface area contributed by atoms with Gasteiger partial charge in [0.25, 0.3) is 23.6 Å². The first kappa shape index (κ1) is 40.1. The Morgan fingerprint density at radius 3 is 1.58 bits per heavy atom. The fourth-order valence-corrected chi connectivity index (χ4v) is 8.61. The van der Waals surface area contributed by atoms with Gasteiger partial charge in [0.15, 0.2) is 29.6 Å². The molecule has 4 amide bonds. The van der Waals surface area contributed by atoms with Crippen LogP contribution in [0, 0.1) is 0 Å². The quantitative estimate of drug-likeness (QED) is 0.127. The second-order valence-corrected chi connectivity index (χ2v) is 15.6. The molecule has 0 N–H and O–H groups in total. The van der Waals surface area contributed by atoms with Crippen LogP contribution in [0.1, 0.15) is 55.8 Å². The highest BCUT2D eigenvalue weighted by molar-refractivity contribution is 6.16. The van der Waals surface area contributed by atoms with Crippen LogP contribution in [0.25, 0.3) is 0 Å². The Morgan fingerprint density at radius 1 is 0.609 bits per heavy atom. The molecule has 16 nitrogen and oxygen atoms in total. The van der Waals surface area contributed by atoms with E-state index in [1.54, 1.807) is 58.6 Å². The molecule has 0 aliphatic carbocycles. The number of benzene rings is 5.